The molecule has 0 aliphatic heterocycles. The number of hydrogen-bond acceptors (Lipinski definition) is 7. The lowest BCUT2D eigenvalue weighted by molar-refractivity contribution is 0.307. The fourth-order valence-corrected chi connectivity index (χ4v) is 3.79. The highest BCUT2D eigenvalue weighted by Gasteiger charge is 2.14. The van der Waals surface area contributed by atoms with Gasteiger partial charge in [0.05, 0.1) is 11.2 Å². The van der Waals surface area contributed by atoms with E-state index in [-0.39, 0.29) is 0 Å². The van der Waals surface area contributed by atoms with Crippen LogP contribution in [0.5, 0.6) is 5.75 Å². The molecule has 8 heteroatoms. The van der Waals surface area contributed by atoms with E-state index < -0.39 is 0 Å². The van der Waals surface area contributed by atoms with E-state index in [2.05, 4.69) is 38.3 Å². The second kappa shape index (κ2) is 8.25. The molecule has 0 aliphatic carbocycles. The normalized spacial score (nSPS) is 11.2. The largest absolute Gasteiger partial charge is 0.489 e. The number of fused-ring (bicyclic) bond motifs is 2. The van der Waals surface area contributed by atoms with Crippen molar-refractivity contribution < 1.29 is 9.15 Å². The number of aromatic nitrogens is 6. The molecule has 3 aromatic heterocycles. The molecule has 0 spiro atoms. The minimum Gasteiger partial charge on any atom is -0.489 e. The monoisotopic (exact) mass is 446 g/mol. The van der Waals surface area contributed by atoms with Crippen LogP contribution >= 0.6 is 0 Å². The third-order valence-corrected chi connectivity index (χ3v) is 5.53. The Balaban J connectivity index is 1.24. The molecule has 0 unspecified atom stereocenters. The molecule has 0 radical (unpaired) electrons. The van der Waals surface area contributed by atoms with Crippen LogP contribution in [0.25, 0.3) is 39.3 Å². The van der Waals surface area contributed by atoms with Crippen LogP contribution in [-0.4, -0.2) is 30.6 Å². The molecule has 164 valence electrons. The average molecular weight is 446 g/mol. The summed E-state index contributed by atoms with van der Waals surface area (Å²) in [7, 11) is 0. The van der Waals surface area contributed by atoms with Gasteiger partial charge in [-0.05, 0) is 46.3 Å². The molecule has 8 nitrogen and oxygen atoms in total. The molecule has 0 saturated heterocycles. The van der Waals surface area contributed by atoms with E-state index in [4.69, 9.17) is 14.1 Å². The number of rotatable bonds is 6. The maximum atomic E-state index is 6.11. The molecule has 0 fully saturated rings. The van der Waals surface area contributed by atoms with Crippen molar-refractivity contribution in [3.63, 3.8) is 0 Å². The number of oxazole rings is 1. The van der Waals surface area contributed by atoms with Gasteiger partial charge in [0.25, 0.3) is 5.89 Å². The van der Waals surface area contributed by atoms with Gasteiger partial charge in [-0.25, -0.2) is 15.1 Å². The van der Waals surface area contributed by atoms with E-state index in [1.165, 1.54) is 0 Å². The Kier molecular flexibility index (Phi) is 4.81. The Bertz CT molecular complexity index is 1640. The molecule has 0 amide bonds. The van der Waals surface area contributed by atoms with Gasteiger partial charge in [0.15, 0.2) is 5.58 Å². The van der Waals surface area contributed by atoms with Crippen molar-refractivity contribution >= 4 is 27.6 Å². The second-order valence-corrected chi connectivity index (χ2v) is 7.72. The first-order valence-electron chi connectivity index (χ1n) is 10.7. The summed E-state index contributed by atoms with van der Waals surface area (Å²) in [5.41, 5.74) is 5.78. The van der Waals surface area contributed by atoms with Gasteiger partial charge in [-0.1, -0.05) is 55.1 Å². The molecule has 0 aliphatic rings. The summed E-state index contributed by atoms with van der Waals surface area (Å²) in [6, 6.07) is 25.6. The number of aromatic amines is 1. The fraction of sp³-hybridized carbons (Fsp3) is 0.0385. The van der Waals surface area contributed by atoms with Crippen LogP contribution in [0, 0.1) is 0 Å². The average Bonchev–Trinajstić information content (AvgIpc) is 3.57. The molecule has 3 heterocycles. The van der Waals surface area contributed by atoms with Crippen LogP contribution in [0.15, 0.2) is 89.9 Å². The number of pyridine rings is 1. The predicted molar refractivity (Wildman–Crippen MR) is 128 cm³/mol. The van der Waals surface area contributed by atoms with Crippen LogP contribution < -0.4 is 4.74 Å². The van der Waals surface area contributed by atoms with Crippen molar-refractivity contribution in [3.05, 3.63) is 102 Å². The highest BCUT2D eigenvalue weighted by molar-refractivity contribution is 5.84. The van der Waals surface area contributed by atoms with Crippen LogP contribution in [0.1, 0.15) is 16.8 Å². The molecule has 6 aromatic rings. The smallest absolute Gasteiger partial charge is 0.267 e. The van der Waals surface area contributed by atoms with Crippen LogP contribution in [0.4, 0.5) is 0 Å². The second-order valence-electron chi connectivity index (χ2n) is 7.72. The lowest BCUT2D eigenvalue weighted by Gasteiger charge is -2.10. The van der Waals surface area contributed by atoms with Crippen molar-refractivity contribution in [3.8, 4) is 17.5 Å². The topological polar surface area (TPSA) is 103 Å². The van der Waals surface area contributed by atoms with Gasteiger partial charge in [-0.15, -0.1) is 5.10 Å². The molecule has 0 bridgehead atoms. The molecular formula is C26H18N6O2. The maximum absolute atomic E-state index is 6.11. The SMILES string of the molecule is C=C(c1cccc(OCc2cccc3oc(-c4nnn[nH]4)nc23)c1)c1ccc2ccccc2n1. The number of nitrogens with zero attached hydrogens (tertiary/aromatic N) is 5. The molecule has 34 heavy (non-hydrogen) atoms. The van der Waals surface area contributed by atoms with E-state index in [9.17, 15) is 0 Å². The first kappa shape index (κ1) is 19.8. The minimum atomic E-state index is 0.322. The van der Waals surface area contributed by atoms with E-state index >= 15 is 0 Å². The Labute approximate surface area is 193 Å². The number of H-pyrrole nitrogens is 1. The quantitative estimate of drug-likeness (QED) is 0.375. The molecule has 0 saturated carbocycles. The van der Waals surface area contributed by atoms with Crippen LogP contribution in [-0.2, 0) is 6.61 Å². The predicted octanol–water partition coefficient (Wildman–Crippen LogP) is 5.20. The molecule has 1 N–H and O–H groups in total. The summed E-state index contributed by atoms with van der Waals surface area (Å²) in [6.45, 7) is 4.59. The molecule has 3 aromatic carbocycles. The lowest BCUT2D eigenvalue weighted by Crippen LogP contribution is -1.97. The van der Waals surface area contributed by atoms with Crippen molar-refractivity contribution in [1.82, 2.24) is 30.6 Å². The van der Waals surface area contributed by atoms with E-state index in [1.54, 1.807) is 0 Å². The molecule has 6 rings (SSSR count). The van der Waals surface area contributed by atoms with E-state index in [1.807, 2.05) is 72.8 Å². The third kappa shape index (κ3) is 3.67. The zero-order valence-corrected chi connectivity index (χ0v) is 18.0. The Morgan fingerprint density at radius 2 is 1.85 bits per heavy atom. The number of nitrogens with one attached hydrogen (secondary N) is 1. The van der Waals surface area contributed by atoms with Crippen LogP contribution in [0.3, 0.4) is 0 Å². The van der Waals surface area contributed by atoms with Gasteiger partial charge in [0, 0.05) is 16.5 Å². The summed E-state index contributed by atoms with van der Waals surface area (Å²) < 4.78 is 11.9. The Morgan fingerprint density at radius 3 is 2.76 bits per heavy atom. The number of tetrazole rings is 1. The van der Waals surface area contributed by atoms with Gasteiger partial charge in [0.1, 0.15) is 17.9 Å². The maximum Gasteiger partial charge on any atom is 0.267 e. The van der Waals surface area contributed by atoms with Crippen molar-refractivity contribution in [2.24, 2.45) is 0 Å². The first-order valence-corrected chi connectivity index (χ1v) is 10.7. The molecule has 0 atom stereocenters. The van der Waals surface area contributed by atoms with Gasteiger partial charge in [-0.3, -0.25) is 0 Å². The van der Waals surface area contributed by atoms with Gasteiger partial charge >= 0.3 is 0 Å². The minimum absolute atomic E-state index is 0.322. The zero-order chi connectivity index (χ0) is 22.9. The summed E-state index contributed by atoms with van der Waals surface area (Å²) in [4.78, 5) is 9.29. The standard InChI is InChI=1S/C26H18N6O2/c1-16(21-13-12-17-6-2-3-10-22(17)27-21)18-7-4-9-20(14-18)33-15-19-8-5-11-23-24(19)28-26(34-23)25-29-31-32-30-25/h2-14H,1,15H2,(H,29,30,31,32). The third-order valence-electron chi connectivity index (χ3n) is 5.53. The van der Waals surface area contributed by atoms with E-state index in [0.717, 1.165) is 39.0 Å². The number of benzene rings is 3. The van der Waals surface area contributed by atoms with Crippen molar-refractivity contribution in [1.29, 1.82) is 0 Å². The first-order chi connectivity index (χ1) is 16.7. The highest BCUT2D eigenvalue weighted by atomic mass is 16.5. The lowest BCUT2D eigenvalue weighted by atomic mass is 10.0. The molecular weight excluding hydrogens is 428 g/mol. The van der Waals surface area contributed by atoms with E-state index in [0.29, 0.717) is 29.4 Å². The number of hydrogen-bond donors (Lipinski definition) is 1. The summed E-state index contributed by atoms with van der Waals surface area (Å²) in [6.07, 6.45) is 0. The van der Waals surface area contributed by atoms with Gasteiger partial charge in [0.2, 0.25) is 5.82 Å². The summed E-state index contributed by atoms with van der Waals surface area (Å²) in [5.74, 6) is 1.42. The summed E-state index contributed by atoms with van der Waals surface area (Å²) >= 11 is 0. The Morgan fingerprint density at radius 1 is 0.941 bits per heavy atom. The fourth-order valence-electron chi connectivity index (χ4n) is 3.79. The zero-order valence-electron chi connectivity index (χ0n) is 18.0. The number of para-hydroxylation sites is 2. The van der Waals surface area contributed by atoms with Gasteiger partial charge < -0.3 is 9.15 Å². The summed E-state index contributed by atoms with van der Waals surface area (Å²) in [5, 5.41) is 14.8. The Hall–Kier alpha value is -4.85. The highest BCUT2D eigenvalue weighted by Crippen LogP contribution is 2.28. The van der Waals surface area contributed by atoms with Crippen molar-refractivity contribution in [2.45, 2.75) is 6.61 Å². The van der Waals surface area contributed by atoms with Crippen LogP contribution in [0.2, 0.25) is 0 Å². The van der Waals surface area contributed by atoms with Gasteiger partial charge in [-0.2, -0.15) is 0 Å². The number of ether oxygens (including phenoxy) is 1. The van der Waals surface area contributed by atoms with Crippen molar-refractivity contribution in [2.75, 3.05) is 0 Å².